The molecule has 4 heteroatoms. The molecule has 4 rings (SSSR count). The van der Waals surface area contributed by atoms with Crippen molar-refractivity contribution in [3.63, 3.8) is 0 Å². The molecule has 4 nitrogen and oxygen atoms in total. The van der Waals surface area contributed by atoms with Gasteiger partial charge in [0.1, 0.15) is 5.60 Å². The van der Waals surface area contributed by atoms with Crippen LogP contribution in [-0.4, -0.2) is 24.6 Å². The topological polar surface area (TPSA) is 52.6 Å². The van der Waals surface area contributed by atoms with E-state index < -0.39 is 11.5 Å². The highest BCUT2D eigenvalue weighted by Crippen LogP contribution is 2.62. The lowest BCUT2D eigenvalue weighted by Gasteiger charge is -2.61. The lowest BCUT2D eigenvalue weighted by atomic mass is 9.48. The van der Waals surface area contributed by atoms with Crippen LogP contribution >= 0.6 is 0 Å². The van der Waals surface area contributed by atoms with Crippen molar-refractivity contribution in [3.8, 4) is 0 Å². The smallest absolute Gasteiger partial charge is 0.334 e. The summed E-state index contributed by atoms with van der Waals surface area (Å²) in [5.74, 6) is -0.376. The van der Waals surface area contributed by atoms with Crippen molar-refractivity contribution < 1.29 is 19.1 Å². The van der Waals surface area contributed by atoms with Crippen LogP contribution in [0, 0.1) is 23.2 Å². The first kappa shape index (κ1) is 18.2. The van der Waals surface area contributed by atoms with Gasteiger partial charge in [-0.3, -0.25) is 4.79 Å². The van der Waals surface area contributed by atoms with Crippen LogP contribution in [0.2, 0.25) is 0 Å². The maximum absolute atomic E-state index is 12.9. The first-order valence-corrected chi connectivity index (χ1v) is 9.41. The van der Waals surface area contributed by atoms with Gasteiger partial charge in [0.15, 0.2) is 0 Å². The molecule has 4 aliphatic rings. The minimum atomic E-state index is -0.632. The van der Waals surface area contributed by atoms with Crippen molar-refractivity contribution in [2.45, 2.75) is 65.4 Å². The summed E-state index contributed by atoms with van der Waals surface area (Å²) < 4.78 is 11.0. The van der Waals surface area contributed by atoms with Crippen molar-refractivity contribution in [2.24, 2.45) is 23.2 Å². The Bertz CT molecular complexity index is 642. The van der Waals surface area contributed by atoms with E-state index in [-0.39, 0.29) is 23.3 Å². The van der Waals surface area contributed by atoms with Gasteiger partial charge in [-0.15, -0.1) is 0 Å². The SMILES string of the molecule is COC(=O)C1=C[C@@]23C[C@@H](C)CC[C@@H]2[C@@](C)(CCC=C(C)C)[C@@H]1C(=O)O3. The van der Waals surface area contributed by atoms with Crippen molar-refractivity contribution in [2.75, 3.05) is 7.11 Å². The van der Waals surface area contributed by atoms with Crippen LogP contribution in [0.15, 0.2) is 23.3 Å². The van der Waals surface area contributed by atoms with Gasteiger partial charge >= 0.3 is 11.9 Å². The number of methoxy groups -OCH3 is 1. The molecule has 5 atom stereocenters. The van der Waals surface area contributed by atoms with E-state index in [1.165, 1.54) is 12.7 Å². The lowest BCUT2D eigenvalue weighted by molar-refractivity contribution is -0.214. The van der Waals surface area contributed by atoms with Gasteiger partial charge in [-0.2, -0.15) is 0 Å². The largest absolute Gasteiger partial charge is 0.466 e. The second-order valence-corrected chi connectivity index (χ2v) is 8.67. The molecule has 1 spiro atoms. The zero-order valence-corrected chi connectivity index (χ0v) is 16.1. The van der Waals surface area contributed by atoms with E-state index in [0.717, 1.165) is 32.1 Å². The first-order chi connectivity index (χ1) is 11.7. The average molecular weight is 346 g/mol. The molecular weight excluding hydrogens is 316 g/mol. The number of fused-ring (bicyclic) bond motifs is 1. The number of allylic oxidation sites excluding steroid dienone is 2. The molecule has 25 heavy (non-hydrogen) atoms. The maximum atomic E-state index is 12.9. The van der Waals surface area contributed by atoms with E-state index in [1.807, 2.05) is 6.08 Å². The van der Waals surface area contributed by atoms with E-state index in [9.17, 15) is 9.59 Å². The van der Waals surface area contributed by atoms with Crippen LogP contribution in [0.1, 0.15) is 59.8 Å². The molecule has 2 heterocycles. The molecule has 1 saturated carbocycles. The third-order valence-electron chi connectivity index (χ3n) is 6.55. The summed E-state index contributed by atoms with van der Waals surface area (Å²) in [5.41, 5.74) is 0.901. The summed E-state index contributed by atoms with van der Waals surface area (Å²) in [4.78, 5) is 25.3. The van der Waals surface area contributed by atoms with E-state index in [0.29, 0.717) is 11.5 Å². The van der Waals surface area contributed by atoms with Crippen LogP contribution in [-0.2, 0) is 19.1 Å². The highest BCUT2D eigenvalue weighted by atomic mass is 16.6. The summed E-state index contributed by atoms with van der Waals surface area (Å²) in [5, 5.41) is 0. The second-order valence-electron chi connectivity index (χ2n) is 8.67. The molecule has 1 saturated heterocycles. The molecule has 2 aliphatic heterocycles. The number of hydrogen-bond acceptors (Lipinski definition) is 4. The van der Waals surface area contributed by atoms with Gasteiger partial charge in [0.2, 0.25) is 0 Å². The molecule has 2 fully saturated rings. The molecule has 0 unspecified atom stereocenters. The molecule has 2 bridgehead atoms. The van der Waals surface area contributed by atoms with Crippen molar-refractivity contribution in [1.29, 1.82) is 0 Å². The predicted molar refractivity (Wildman–Crippen MR) is 95.7 cm³/mol. The van der Waals surface area contributed by atoms with Crippen molar-refractivity contribution in [1.82, 2.24) is 0 Å². The van der Waals surface area contributed by atoms with Crippen molar-refractivity contribution in [3.05, 3.63) is 23.3 Å². The fraction of sp³-hybridized carbons (Fsp3) is 0.714. The highest BCUT2D eigenvalue weighted by molar-refractivity contribution is 5.98. The Morgan fingerprint density at radius 3 is 2.76 bits per heavy atom. The summed E-state index contributed by atoms with van der Waals surface area (Å²) in [6.45, 7) is 8.56. The Morgan fingerprint density at radius 2 is 2.12 bits per heavy atom. The quantitative estimate of drug-likeness (QED) is 0.565. The van der Waals surface area contributed by atoms with Crippen LogP contribution < -0.4 is 0 Å². The molecule has 0 N–H and O–H groups in total. The first-order valence-electron chi connectivity index (χ1n) is 9.41. The van der Waals surface area contributed by atoms with Crippen LogP contribution in [0.3, 0.4) is 0 Å². The van der Waals surface area contributed by atoms with Crippen LogP contribution in [0.4, 0.5) is 0 Å². The monoisotopic (exact) mass is 346 g/mol. The number of carbonyl (C=O) groups is 2. The Balaban J connectivity index is 2.06. The Morgan fingerprint density at radius 1 is 1.40 bits per heavy atom. The van der Waals surface area contributed by atoms with Gasteiger partial charge in [-0.1, -0.05) is 31.9 Å². The van der Waals surface area contributed by atoms with E-state index in [4.69, 9.17) is 9.47 Å². The number of esters is 2. The predicted octanol–water partition coefficient (Wildman–Crippen LogP) is 4.20. The third-order valence-corrected chi connectivity index (χ3v) is 6.55. The lowest BCUT2D eigenvalue weighted by Crippen LogP contribution is -2.65. The van der Waals surface area contributed by atoms with Gasteiger partial charge < -0.3 is 9.47 Å². The minimum absolute atomic E-state index is 0.243. The van der Waals surface area contributed by atoms with Crippen LogP contribution in [0.25, 0.3) is 0 Å². The number of rotatable bonds is 4. The normalized spacial score (nSPS) is 39.2. The molecule has 0 radical (unpaired) electrons. The van der Waals surface area contributed by atoms with Gasteiger partial charge in [0.25, 0.3) is 0 Å². The van der Waals surface area contributed by atoms with E-state index in [1.54, 1.807) is 0 Å². The average Bonchev–Trinajstić information content (AvgIpc) is 2.52. The molecule has 0 aromatic rings. The molecule has 138 valence electrons. The fourth-order valence-electron chi connectivity index (χ4n) is 5.50. The van der Waals surface area contributed by atoms with Gasteiger partial charge in [0.05, 0.1) is 18.6 Å². The Hall–Kier alpha value is -1.58. The van der Waals surface area contributed by atoms with Gasteiger partial charge in [0, 0.05) is 5.92 Å². The molecular formula is C21H30O4. The van der Waals surface area contributed by atoms with E-state index in [2.05, 4.69) is 33.8 Å². The standard InChI is InChI=1S/C21H30O4/c1-13(2)7-6-10-20(4)16-9-8-14(3)11-21(16)12-15(18(22)24-5)17(20)19(23)25-21/h7,12,14,16-17H,6,8-11H2,1-5H3/t14-,16+,17-,20+,21-/m0/s1. The Labute approximate surface area is 150 Å². The van der Waals surface area contributed by atoms with Gasteiger partial charge in [-0.05, 0) is 56.9 Å². The van der Waals surface area contributed by atoms with E-state index >= 15 is 0 Å². The zero-order chi connectivity index (χ0) is 18.4. The highest BCUT2D eigenvalue weighted by Gasteiger charge is 2.66. The van der Waals surface area contributed by atoms with Crippen LogP contribution in [0.5, 0.6) is 0 Å². The molecule has 0 amide bonds. The minimum Gasteiger partial charge on any atom is -0.466 e. The number of ether oxygens (including phenoxy) is 2. The third kappa shape index (κ3) is 2.84. The Kier molecular flexibility index (Phi) is 4.59. The summed E-state index contributed by atoms with van der Waals surface area (Å²) >= 11 is 0. The maximum Gasteiger partial charge on any atom is 0.334 e. The number of carbonyl (C=O) groups excluding carboxylic acids is 2. The molecule has 0 aromatic heterocycles. The van der Waals surface area contributed by atoms with Crippen molar-refractivity contribution >= 4 is 11.9 Å². The summed E-state index contributed by atoms with van der Waals surface area (Å²) in [6, 6.07) is 0. The zero-order valence-electron chi connectivity index (χ0n) is 16.1. The van der Waals surface area contributed by atoms with Gasteiger partial charge in [-0.25, -0.2) is 4.79 Å². The number of hydrogen-bond donors (Lipinski definition) is 0. The summed E-state index contributed by atoms with van der Waals surface area (Å²) in [7, 11) is 1.38. The summed E-state index contributed by atoms with van der Waals surface area (Å²) in [6.07, 6.45) is 8.95. The fourth-order valence-corrected chi connectivity index (χ4v) is 5.50. The second kappa shape index (κ2) is 6.30. The molecule has 2 aliphatic carbocycles. The molecule has 0 aromatic carbocycles.